The molecule has 6 rings (SSSR count). The quantitative estimate of drug-likeness (QED) is 0.247. The average molecular weight is 649 g/mol. The summed E-state index contributed by atoms with van der Waals surface area (Å²) < 4.78 is 25.7. The molecule has 16 unspecified atom stereocenters. The van der Waals surface area contributed by atoms with Crippen molar-refractivity contribution in [3.05, 3.63) is 23.8 Å². The molecule has 0 aromatic rings. The molecule has 2 heterocycles. The summed E-state index contributed by atoms with van der Waals surface area (Å²) in [6.45, 7) is 15.3. The van der Waals surface area contributed by atoms with E-state index in [1.807, 2.05) is 19.9 Å². The Kier molecular flexibility index (Phi) is 9.02. The number of methoxy groups -OCH3 is 1. The van der Waals surface area contributed by atoms with Gasteiger partial charge in [0.05, 0.1) is 18.8 Å². The fraction of sp³-hybridized carbons (Fsp3) is 0.892. The largest absolute Gasteiger partial charge is 0.394 e. The maximum absolute atomic E-state index is 10.8. The Bertz CT molecular complexity index is 1200. The van der Waals surface area contributed by atoms with Crippen molar-refractivity contribution in [1.29, 1.82) is 0 Å². The van der Waals surface area contributed by atoms with Gasteiger partial charge in [-0.2, -0.15) is 0 Å². The van der Waals surface area contributed by atoms with E-state index in [4.69, 9.17) is 18.9 Å². The molecule has 0 aromatic carbocycles. The van der Waals surface area contributed by atoms with Gasteiger partial charge in [-0.15, -0.1) is 0 Å². The van der Waals surface area contributed by atoms with Crippen molar-refractivity contribution in [3.63, 3.8) is 0 Å². The molecule has 9 nitrogen and oxygen atoms in total. The Hall–Kier alpha value is -0.880. The highest BCUT2D eigenvalue weighted by molar-refractivity contribution is 5.34. The van der Waals surface area contributed by atoms with E-state index >= 15 is 0 Å². The first-order valence-corrected chi connectivity index (χ1v) is 17.7. The van der Waals surface area contributed by atoms with Crippen LogP contribution in [-0.4, -0.2) is 94.1 Å². The number of hydrogen-bond acceptors (Lipinski definition) is 9. The van der Waals surface area contributed by atoms with Gasteiger partial charge in [0.25, 0.3) is 0 Å². The molecule has 0 amide bonds. The summed E-state index contributed by atoms with van der Waals surface area (Å²) in [6, 6.07) is 0. The monoisotopic (exact) mass is 648 g/mol. The van der Waals surface area contributed by atoms with Crippen molar-refractivity contribution >= 4 is 0 Å². The fourth-order valence-electron chi connectivity index (χ4n) is 12.1. The summed E-state index contributed by atoms with van der Waals surface area (Å²) in [6.07, 6.45) is 5.75. The standard InChI is InChI=1S/C37H60O9/c1-20(2)17-22(39)18-21(3)23-11-13-35(7)25-12-14-37-26(36(25,32(43-8)46-37)16-15-34(23,35)6)9-10-27(33(37,4)5)45-31-30(42)29(41)28(40)24(19-38)44-31/h12,14,17,21-32,38-42H,9-11,13,15-16,18-19H2,1-8H3. The molecular weight excluding hydrogens is 588 g/mol. The lowest BCUT2D eigenvalue weighted by molar-refractivity contribution is -0.331. The first-order chi connectivity index (χ1) is 21.5. The summed E-state index contributed by atoms with van der Waals surface area (Å²) in [7, 11) is 1.77. The van der Waals surface area contributed by atoms with Crippen molar-refractivity contribution < 1.29 is 44.5 Å². The molecule has 5 N–H and O–H groups in total. The molecule has 0 radical (unpaired) electrons. The zero-order valence-electron chi connectivity index (χ0n) is 29.2. The summed E-state index contributed by atoms with van der Waals surface area (Å²) in [4.78, 5) is 0. The van der Waals surface area contributed by atoms with Gasteiger partial charge in [0.2, 0.25) is 0 Å². The number of allylic oxidation sites excluding steroid dienone is 2. The van der Waals surface area contributed by atoms with E-state index in [9.17, 15) is 25.5 Å². The van der Waals surface area contributed by atoms with Crippen LogP contribution in [-0.2, 0) is 18.9 Å². The Labute approximate surface area is 275 Å². The van der Waals surface area contributed by atoms with Gasteiger partial charge in [-0.1, -0.05) is 58.4 Å². The Morgan fingerprint density at radius 1 is 0.978 bits per heavy atom. The molecule has 2 aliphatic heterocycles. The third-order valence-corrected chi connectivity index (χ3v) is 14.6. The number of hydrogen-bond donors (Lipinski definition) is 5. The molecule has 6 aliphatic rings. The highest BCUT2D eigenvalue weighted by atomic mass is 16.7. The molecule has 9 heteroatoms. The van der Waals surface area contributed by atoms with Crippen molar-refractivity contribution in [2.75, 3.05) is 13.7 Å². The van der Waals surface area contributed by atoms with Gasteiger partial charge < -0.3 is 44.5 Å². The molecule has 2 saturated heterocycles. The molecule has 2 bridgehead atoms. The molecular formula is C37H60O9. The first-order valence-electron chi connectivity index (χ1n) is 17.7. The van der Waals surface area contributed by atoms with E-state index in [1.165, 1.54) is 0 Å². The van der Waals surface area contributed by atoms with E-state index in [-0.39, 0.29) is 40.5 Å². The predicted molar refractivity (Wildman–Crippen MR) is 172 cm³/mol. The van der Waals surface area contributed by atoms with Crippen LogP contribution in [0.1, 0.15) is 93.4 Å². The summed E-state index contributed by atoms with van der Waals surface area (Å²) in [5.74, 6) is 1.42. The van der Waals surface area contributed by atoms with Crippen LogP contribution in [0.25, 0.3) is 0 Å². The van der Waals surface area contributed by atoms with Crippen LogP contribution in [0.4, 0.5) is 0 Å². The van der Waals surface area contributed by atoms with Crippen molar-refractivity contribution in [2.45, 2.75) is 148 Å². The van der Waals surface area contributed by atoms with E-state index in [1.54, 1.807) is 7.11 Å². The lowest BCUT2D eigenvalue weighted by Crippen LogP contribution is -2.66. The van der Waals surface area contributed by atoms with Crippen LogP contribution in [0, 0.1) is 45.3 Å². The molecule has 1 spiro atoms. The normalized spacial score (nSPS) is 51.9. The van der Waals surface area contributed by atoms with Gasteiger partial charge in [0.15, 0.2) is 12.6 Å². The second-order valence-electron chi connectivity index (χ2n) is 17.1. The highest BCUT2D eigenvalue weighted by Gasteiger charge is 2.78. The summed E-state index contributed by atoms with van der Waals surface area (Å²) in [5.41, 5.74) is -0.0791. The maximum atomic E-state index is 10.8. The number of rotatable bonds is 8. The summed E-state index contributed by atoms with van der Waals surface area (Å²) in [5, 5.41) is 52.0. The van der Waals surface area contributed by atoms with Gasteiger partial charge in [0, 0.05) is 23.9 Å². The van der Waals surface area contributed by atoms with Crippen LogP contribution in [0.2, 0.25) is 0 Å². The van der Waals surface area contributed by atoms with E-state index in [2.05, 4.69) is 46.8 Å². The van der Waals surface area contributed by atoms with Gasteiger partial charge in [-0.05, 0) is 87.4 Å². The third-order valence-electron chi connectivity index (χ3n) is 14.6. The van der Waals surface area contributed by atoms with Crippen molar-refractivity contribution in [1.82, 2.24) is 0 Å². The Morgan fingerprint density at radius 3 is 2.35 bits per heavy atom. The fourth-order valence-corrected chi connectivity index (χ4v) is 12.1. The average Bonchev–Trinajstić information content (AvgIpc) is 3.37. The van der Waals surface area contributed by atoms with E-state index < -0.39 is 54.4 Å². The number of ether oxygens (including phenoxy) is 4. The molecule has 16 atom stereocenters. The lowest BCUT2D eigenvalue weighted by atomic mass is 9.38. The van der Waals surface area contributed by atoms with Crippen LogP contribution >= 0.6 is 0 Å². The first kappa shape index (κ1) is 35.0. The minimum absolute atomic E-state index is 0.0482. The third kappa shape index (κ3) is 4.66. The molecule has 262 valence electrons. The highest BCUT2D eigenvalue weighted by Crippen LogP contribution is 2.79. The number of aliphatic hydroxyl groups is 5. The van der Waals surface area contributed by atoms with Crippen molar-refractivity contribution in [2.24, 2.45) is 45.3 Å². The lowest BCUT2D eigenvalue weighted by Gasteiger charge is -2.65. The predicted octanol–water partition coefficient (Wildman–Crippen LogP) is 4.09. The van der Waals surface area contributed by atoms with Gasteiger partial charge >= 0.3 is 0 Å². The molecule has 0 aromatic heterocycles. The van der Waals surface area contributed by atoms with E-state index in [0.29, 0.717) is 18.3 Å². The topological polar surface area (TPSA) is 138 Å². The SMILES string of the molecule is COC1OC23C=CC4C1(CCC1(C)C(C(C)CC(O)C=C(C)C)CCC41C)C2CCC(OC1OC(CO)C(O)C(O)C1O)C3(C)C. The second kappa shape index (κ2) is 11.9. The van der Waals surface area contributed by atoms with Crippen LogP contribution in [0.15, 0.2) is 23.8 Å². The summed E-state index contributed by atoms with van der Waals surface area (Å²) >= 11 is 0. The van der Waals surface area contributed by atoms with Gasteiger partial charge in [-0.3, -0.25) is 0 Å². The zero-order valence-corrected chi connectivity index (χ0v) is 29.2. The molecule has 46 heavy (non-hydrogen) atoms. The van der Waals surface area contributed by atoms with E-state index in [0.717, 1.165) is 44.1 Å². The number of fused-ring (bicyclic) bond motifs is 2. The Balaban J connectivity index is 1.30. The Morgan fingerprint density at radius 2 is 1.70 bits per heavy atom. The van der Waals surface area contributed by atoms with Crippen LogP contribution < -0.4 is 0 Å². The smallest absolute Gasteiger partial charge is 0.186 e. The van der Waals surface area contributed by atoms with Gasteiger partial charge in [-0.25, -0.2) is 0 Å². The van der Waals surface area contributed by atoms with Crippen molar-refractivity contribution in [3.8, 4) is 0 Å². The maximum Gasteiger partial charge on any atom is 0.186 e. The van der Waals surface area contributed by atoms with Gasteiger partial charge in [0.1, 0.15) is 30.0 Å². The van der Waals surface area contributed by atoms with Crippen LogP contribution in [0.3, 0.4) is 0 Å². The minimum atomic E-state index is -1.49. The zero-order chi connectivity index (χ0) is 33.6. The molecule has 3 saturated carbocycles. The molecule has 4 aliphatic carbocycles. The number of aliphatic hydroxyl groups excluding tert-OH is 5. The second-order valence-corrected chi connectivity index (χ2v) is 17.1. The minimum Gasteiger partial charge on any atom is -0.394 e. The van der Waals surface area contributed by atoms with Crippen LogP contribution in [0.5, 0.6) is 0 Å². The molecule has 5 fully saturated rings.